The molecule has 3 nitrogen and oxygen atoms in total. The fourth-order valence-electron chi connectivity index (χ4n) is 1.47. The van der Waals surface area contributed by atoms with Gasteiger partial charge in [-0.1, -0.05) is 30.3 Å². The highest BCUT2D eigenvalue weighted by Crippen LogP contribution is 2.28. The summed E-state index contributed by atoms with van der Waals surface area (Å²) in [4.78, 5) is 3.78. The van der Waals surface area contributed by atoms with E-state index in [9.17, 15) is 4.39 Å². The van der Waals surface area contributed by atoms with Crippen molar-refractivity contribution >= 4 is 22.4 Å². The normalized spacial score (nSPS) is 10.2. The van der Waals surface area contributed by atoms with Crippen LogP contribution >= 0.6 is 0 Å². The van der Waals surface area contributed by atoms with E-state index < -0.39 is 5.82 Å². The predicted octanol–water partition coefficient (Wildman–Crippen LogP) is 1.88. The monoisotopic (exact) mass is 203 g/mol. The molecular weight excluding hydrogens is 193 g/mol. The molecule has 0 saturated heterocycles. The average Bonchev–Trinajstić information content (AvgIpc) is 2.22. The maximum absolute atomic E-state index is 13.5. The second kappa shape index (κ2) is 3.57. The number of halogens is 1. The van der Waals surface area contributed by atoms with Crippen LogP contribution in [-0.4, -0.2) is 5.96 Å². The molecule has 0 spiro atoms. The summed E-state index contributed by atoms with van der Waals surface area (Å²) in [5, 5.41) is 1.60. The smallest absolute Gasteiger partial charge is 0.191 e. The summed E-state index contributed by atoms with van der Waals surface area (Å²) in [6.45, 7) is 0. The van der Waals surface area contributed by atoms with Crippen LogP contribution in [0.4, 0.5) is 10.1 Å². The molecule has 0 atom stereocenters. The lowest BCUT2D eigenvalue weighted by molar-refractivity contribution is 0.631. The third-order valence-electron chi connectivity index (χ3n) is 2.09. The average molecular weight is 203 g/mol. The number of nitrogens with two attached hydrogens (primary N) is 2. The molecule has 0 unspecified atom stereocenters. The Balaban J connectivity index is 2.80. The van der Waals surface area contributed by atoms with Crippen molar-refractivity contribution in [2.24, 2.45) is 16.5 Å². The van der Waals surface area contributed by atoms with Crippen molar-refractivity contribution < 1.29 is 4.39 Å². The van der Waals surface area contributed by atoms with Crippen molar-refractivity contribution in [3.8, 4) is 0 Å². The Bertz CT molecular complexity index is 530. The first kappa shape index (κ1) is 9.45. The van der Waals surface area contributed by atoms with Crippen molar-refractivity contribution in [1.29, 1.82) is 0 Å². The van der Waals surface area contributed by atoms with Gasteiger partial charge in [-0.05, 0) is 11.5 Å². The zero-order chi connectivity index (χ0) is 10.8. The third-order valence-corrected chi connectivity index (χ3v) is 2.09. The minimum Gasteiger partial charge on any atom is -0.370 e. The van der Waals surface area contributed by atoms with Crippen LogP contribution in [0.3, 0.4) is 0 Å². The molecule has 0 aromatic heterocycles. The van der Waals surface area contributed by atoms with Gasteiger partial charge in [-0.2, -0.15) is 0 Å². The van der Waals surface area contributed by atoms with E-state index in [0.29, 0.717) is 5.39 Å². The number of benzene rings is 2. The number of fused-ring (bicyclic) bond motifs is 1. The zero-order valence-electron chi connectivity index (χ0n) is 7.94. The molecule has 4 N–H and O–H groups in total. The van der Waals surface area contributed by atoms with Gasteiger partial charge in [0.15, 0.2) is 5.96 Å². The molecule has 0 fully saturated rings. The number of rotatable bonds is 1. The van der Waals surface area contributed by atoms with Crippen LogP contribution in [0.2, 0.25) is 0 Å². The van der Waals surface area contributed by atoms with Crippen LogP contribution in [0.1, 0.15) is 0 Å². The fourth-order valence-corrected chi connectivity index (χ4v) is 1.47. The SMILES string of the molecule is NC(N)=Nc1c(F)ccc2ccccc12. The van der Waals surface area contributed by atoms with Gasteiger partial charge >= 0.3 is 0 Å². The predicted molar refractivity (Wildman–Crippen MR) is 59.4 cm³/mol. The van der Waals surface area contributed by atoms with Crippen LogP contribution < -0.4 is 11.5 Å². The molecule has 0 aliphatic rings. The maximum atomic E-state index is 13.5. The Labute approximate surface area is 86.2 Å². The van der Waals surface area contributed by atoms with Gasteiger partial charge in [0.2, 0.25) is 0 Å². The highest BCUT2D eigenvalue weighted by atomic mass is 19.1. The Morgan fingerprint density at radius 1 is 1.07 bits per heavy atom. The first-order chi connectivity index (χ1) is 7.18. The van der Waals surface area contributed by atoms with E-state index in [2.05, 4.69) is 4.99 Å². The number of aliphatic imine (C=N–C) groups is 1. The van der Waals surface area contributed by atoms with Crippen molar-refractivity contribution in [3.05, 3.63) is 42.2 Å². The summed E-state index contributed by atoms with van der Waals surface area (Å²) in [5.74, 6) is -0.577. The Morgan fingerprint density at radius 2 is 1.80 bits per heavy atom. The number of guanidine groups is 1. The van der Waals surface area contributed by atoms with Gasteiger partial charge in [0, 0.05) is 5.39 Å². The molecule has 0 heterocycles. The first-order valence-corrected chi connectivity index (χ1v) is 4.45. The molecule has 0 saturated carbocycles. The molecule has 2 aromatic rings. The highest BCUT2D eigenvalue weighted by molar-refractivity contribution is 5.95. The molecule has 0 aliphatic carbocycles. The molecule has 0 radical (unpaired) electrons. The van der Waals surface area contributed by atoms with Gasteiger partial charge in [-0.15, -0.1) is 0 Å². The van der Waals surface area contributed by atoms with E-state index in [4.69, 9.17) is 11.5 Å². The third kappa shape index (κ3) is 1.74. The number of hydrogen-bond donors (Lipinski definition) is 2. The van der Waals surface area contributed by atoms with E-state index in [-0.39, 0.29) is 11.6 Å². The van der Waals surface area contributed by atoms with Gasteiger partial charge in [0.25, 0.3) is 0 Å². The lowest BCUT2D eigenvalue weighted by Crippen LogP contribution is -2.22. The Morgan fingerprint density at radius 3 is 2.53 bits per heavy atom. The van der Waals surface area contributed by atoms with Crippen molar-refractivity contribution in [2.45, 2.75) is 0 Å². The summed E-state index contributed by atoms with van der Waals surface area (Å²) in [7, 11) is 0. The number of hydrogen-bond acceptors (Lipinski definition) is 1. The summed E-state index contributed by atoms with van der Waals surface area (Å²) in [6, 6.07) is 10.4. The van der Waals surface area contributed by atoms with E-state index in [1.165, 1.54) is 6.07 Å². The van der Waals surface area contributed by atoms with Crippen LogP contribution in [0.5, 0.6) is 0 Å². The quantitative estimate of drug-likeness (QED) is 0.549. The van der Waals surface area contributed by atoms with Crippen molar-refractivity contribution in [1.82, 2.24) is 0 Å². The van der Waals surface area contributed by atoms with Crippen LogP contribution in [-0.2, 0) is 0 Å². The molecule has 15 heavy (non-hydrogen) atoms. The van der Waals surface area contributed by atoms with E-state index in [0.717, 1.165) is 5.39 Å². The summed E-state index contributed by atoms with van der Waals surface area (Å²) >= 11 is 0. The van der Waals surface area contributed by atoms with Crippen LogP contribution in [0.15, 0.2) is 41.4 Å². The van der Waals surface area contributed by atoms with Gasteiger partial charge in [-0.3, -0.25) is 0 Å². The summed E-state index contributed by atoms with van der Waals surface area (Å²) in [5.41, 5.74) is 10.7. The second-order valence-electron chi connectivity index (χ2n) is 3.15. The van der Waals surface area contributed by atoms with Gasteiger partial charge in [0.05, 0.1) is 0 Å². The molecule has 0 bridgehead atoms. The molecule has 76 valence electrons. The standard InChI is InChI=1S/C11H10FN3/c12-9-6-5-7-3-1-2-4-8(7)10(9)15-11(13)14/h1-6H,(H4,13,14,15). The summed E-state index contributed by atoms with van der Waals surface area (Å²) in [6.07, 6.45) is 0. The Kier molecular flexibility index (Phi) is 2.25. The zero-order valence-corrected chi connectivity index (χ0v) is 7.94. The fraction of sp³-hybridized carbons (Fsp3) is 0. The van der Waals surface area contributed by atoms with Crippen LogP contribution in [0, 0.1) is 5.82 Å². The minimum atomic E-state index is -0.429. The second-order valence-corrected chi connectivity index (χ2v) is 3.15. The summed E-state index contributed by atoms with van der Waals surface area (Å²) < 4.78 is 13.5. The van der Waals surface area contributed by atoms with Crippen molar-refractivity contribution in [2.75, 3.05) is 0 Å². The largest absolute Gasteiger partial charge is 0.370 e. The molecule has 2 rings (SSSR count). The molecule has 2 aromatic carbocycles. The van der Waals surface area contributed by atoms with Gasteiger partial charge in [0.1, 0.15) is 11.5 Å². The van der Waals surface area contributed by atoms with E-state index >= 15 is 0 Å². The lowest BCUT2D eigenvalue weighted by Gasteiger charge is -2.03. The van der Waals surface area contributed by atoms with Crippen molar-refractivity contribution in [3.63, 3.8) is 0 Å². The van der Waals surface area contributed by atoms with E-state index in [1.54, 1.807) is 12.1 Å². The van der Waals surface area contributed by atoms with Crippen LogP contribution in [0.25, 0.3) is 10.8 Å². The molecule has 0 amide bonds. The molecule has 0 aliphatic heterocycles. The maximum Gasteiger partial charge on any atom is 0.191 e. The van der Waals surface area contributed by atoms with Gasteiger partial charge < -0.3 is 11.5 Å². The van der Waals surface area contributed by atoms with E-state index in [1.807, 2.05) is 18.2 Å². The number of nitrogens with zero attached hydrogens (tertiary/aromatic N) is 1. The van der Waals surface area contributed by atoms with Gasteiger partial charge in [-0.25, -0.2) is 9.38 Å². The molecule has 4 heteroatoms. The first-order valence-electron chi connectivity index (χ1n) is 4.45. The Hall–Kier alpha value is -2.10. The minimum absolute atomic E-state index is 0.148. The lowest BCUT2D eigenvalue weighted by atomic mass is 10.1. The topological polar surface area (TPSA) is 64.4 Å². The highest BCUT2D eigenvalue weighted by Gasteiger charge is 2.05. The molecular formula is C11H10FN3.